The molecular formula is C31H30ClNO4. The topological polar surface area (TPSA) is 75.6 Å². The van der Waals surface area contributed by atoms with Crippen LogP contribution in [0, 0.1) is 0 Å². The van der Waals surface area contributed by atoms with Crippen LogP contribution < -0.4 is 10.1 Å². The van der Waals surface area contributed by atoms with Crippen LogP contribution in [0.15, 0.2) is 78.9 Å². The van der Waals surface area contributed by atoms with E-state index in [1.807, 2.05) is 30.3 Å². The quantitative estimate of drug-likeness (QED) is 0.232. The number of aliphatic carboxylic acids is 1. The van der Waals surface area contributed by atoms with Gasteiger partial charge in [0.15, 0.2) is 0 Å². The fraction of sp³-hybridized carbons (Fsp3) is 0.226. The normalized spacial score (nSPS) is 11.8. The van der Waals surface area contributed by atoms with Gasteiger partial charge in [0.2, 0.25) is 0 Å². The number of nitrogens with one attached hydrogen (secondary N) is 1. The minimum atomic E-state index is -0.936. The highest BCUT2D eigenvalue weighted by Crippen LogP contribution is 2.36. The molecule has 0 aliphatic heterocycles. The summed E-state index contributed by atoms with van der Waals surface area (Å²) >= 11 is 6.25. The molecule has 0 bridgehead atoms. The number of hydrogen-bond donors (Lipinski definition) is 2. The molecule has 0 saturated heterocycles. The maximum atomic E-state index is 12.3. The maximum Gasteiger partial charge on any atom is 0.305 e. The van der Waals surface area contributed by atoms with E-state index in [1.165, 1.54) is 5.56 Å². The molecule has 1 unspecified atom stereocenters. The summed E-state index contributed by atoms with van der Waals surface area (Å²) in [5.41, 5.74) is 4.88. The van der Waals surface area contributed by atoms with Gasteiger partial charge in [0.1, 0.15) is 5.75 Å². The number of amides is 1. The molecule has 4 aromatic carbocycles. The van der Waals surface area contributed by atoms with Crippen LogP contribution in [-0.4, -0.2) is 30.6 Å². The Morgan fingerprint density at radius 3 is 2.32 bits per heavy atom. The lowest BCUT2D eigenvalue weighted by atomic mass is 9.86. The van der Waals surface area contributed by atoms with Crippen molar-refractivity contribution in [2.45, 2.75) is 32.1 Å². The average molecular weight is 516 g/mol. The molecule has 4 rings (SSSR count). The zero-order valence-electron chi connectivity index (χ0n) is 21.0. The Labute approximate surface area is 222 Å². The highest BCUT2D eigenvalue weighted by atomic mass is 35.5. The SMILES string of the molecule is CCCC(c1ccc(C(=O)NCCC(=O)O)cc1)c1ccc2cc(-c3cc(Cl)ccc3OC)ccc2c1. The van der Waals surface area contributed by atoms with Gasteiger partial charge >= 0.3 is 5.97 Å². The van der Waals surface area contributed by atoms with Gasteiger partial charge in [-0.1, -0.05) is 67.4 Å². The average Bonchev–Trinajstić information content (AvgIpc) is 2.91. The summed E-state index contributed by atoms with van der Waals surface area (Å²) in [4.78, 5) is 23.0. The van der Waals surface area contributed by atoms with Crippen LogP contribution in [0.2, 0.25) is 5.02 Å². The zero-order valence-corrected chi connectivity index (χ0v) is 21.7. The predicted molar refractivity (Wildman–Crippen MR) is 149 cm³/mol. The molecule has 2 N–H and O–H groups in total. The number of methoxy groups -OCH3 is 1. The van der Waals surface area contributed by atoms with Crippen LogP contribution in [0.25, 0.3) is 21.9 Å². The molecule has 1 atom stereocenters. The molecule has 0 fully saturated rings. The summed E-state index contributed by atoms with van der Waals surface area (Å²) in [6, 6.07) is 26.1. The summed E-state index contributed by atoms with van der Waals surface area (Å²) in [6.07, 6.45) is 1.90. The number of halogens is 1. The van der Waals surface area contributed by atoms with Crippen molar-refractivity contribution in [3.05, 3.63) is 101 Å². The molecule has 0 spiro atoms. The zero-order chi connectivity index (χ0) is 26.4. The van der Waals surface area contributed by atoms with E-state index in [0.717, 1.165) is 46.1 Å². The highest BCUT2D eigenvalue weighted by Gasteiger charge is 2.16. The van der Waals surface area contributed by atoms with Gasteiger partial charge in [0.05, 0.1) is 13.5 Å². The first-order chi connectivity index (χ1) is 17.9. The number of carbonyl (C=O) groups excluding carboxylic acids is 1. The van der Waals surface area contributed by atoms with Gasteiger partial charge < -0.3 is 15.2 Å². The van der Waals surface area contributed by atoms with Crippen LogP contribution in [0.4, 0.5) is 0 Å². The Balaban J connectivity index is 1.59. The second kappa shape index (κ2) is 11.9. The number of carboxylic acids is 1. The van der Waals surface area contributed by atoms with Crippen molar-refractivity contribution in [1.29, 1.82) is 0 Å². The van der Waals surface area contributed by atoms with Gasteiger partial charge in [-0.2, -0.15) is 0 Å². The number of ether oxygens (including phenoxy) is 1. The molecule has 0 saturated carbocycles. The Morgan fingerprint density at radius 1 is 0.919 bits per heavy atom. The number of carboxylic acid groups (broad SMARTS) is 1. The number of benzene rings is 4. The van der Waals surface area contributed by atoms with E-state index >= 15 is 0 Å². The third kappa shape index (κ3) is 6.30. The molecule has 0 aromatic heterocycles. The molecule has 0 heterocycles. The lowest BCUT2D eigenvalue weighted by Gasteiger charge is -2.19. The third-order valence-corrected chi connectivity index (χ3v) is 6.75. The summed E-state index contributed by atoms with van der Waals surface area (Å²) in [6.45, 7) is 2.28. The smallest absolute Gasteiger partial charge is 0.305 e. The van der Waals surface area contributed by atoms with Gasteiger partial charge in [-0.25, -0.2) is 0 Å². The second-order valence-electron chi connectivity index (χ2n) is 9.03. The lowest BCUT2D eigenvalue weighted by Crippen LogP contribution is -2.25. The van der Waals surface area contributed by atoms with E-state index in [0.29, 0.717) is 10.6 Å². The molecule has 6 heteroatoms. The van der Waals surface area contributed by atoms with Crippen molar-refractivity contribution in [3.63, 3.8) is 0 Å². The van der Waals surface area contributed by atoms with Gasteiger partial charge in [-0.15, -0.1) is 0 Å². The van der Waals surface area contributed by atoms with Gasteiger partial charge in [0, 0.05) is 28.6 Å². The summed E-state index contributed by atoms with van der Waals surface area (Å²) in [7, 11) is 1.66. The summed E-state index contributed by atoms with van der Waals surface area (Å²) < 4.78 is 5.54. The molecule has 190 valence electrons. The Kier molecular flexibility index (Phi) is 8.47. The summed E-state index contributed by atoms with van der Waals surface area (Å²) in [5.74, 6) is -0.222. The molecule has 0 aliphatic rings. The highest BCUT2D eigenvalue weighted by molar-refractivity contribution is 6.31. The fourth-order valence-electron chi connectivity index (χ4n) is 4.62. The number of fused-ring (bicyclic) bond motifs is 1. The van der Waals surface area contributed by atoms with Gasteiger partial charge in [-0.05, 0) is 70.3 Å². The second-order valence-corrected chi connectivity index (χ2v) is 9.47. The first kappa shape index (κ1) is 26.2. The summed E-state index contributed by atoms with van der Waals surface area (Å²) in [5, 5.41) is 14.3. The monoisotopic (exact) mass is 515 g/mol. The van der Waals surface area contributed by atoms with E-state index < -0.39 is 5.97 Å². The van der Waals surface area contributed by atoms with Crippen molar-refractivity contribution in [2.75, 3.05) is 13.7 Å². The first-order valence-corrected chi connectivity index (χ1v) is 12.7. The van der Waals surface area contributed by atoms with E-state index in [2.05, 4.69) is 48.6 Å². The van der Waals surface area contributed by atoms with Gasteiger partial charge in [-0.3, -0.25) is 9.59 Å². The lowest BCUT2D eigenvalue weighted by molar-refractivity contribution is -0.136. The van der Waals surface area contributed by atoms with Crippen LogP contribution >= 0.6 is 11.6 Å². The molecule has 37 heavy (non-hydrogen) atoms. The van der Waals surface area contributed by atoms with Crippen LogP contribution in [0.3, 0.4) is 0 Å². The maximum absolute atomic E-state index is 12.3. The van der Waals surface area contributed by atoms with Crippen molar-refractivity contribution in [1.82, 2.24) is 5.32 Å². The standard InChI is InChI=1S/C31H30ClNO4/c1-3-4-27(20-5-7-21(8-6-20)31(36)33-16-15-30(34)35)24-11-9-23-18-25(12-10-22(23)17-24)28-19-26(32)13-14-29(28)37-2/h5-14,17-19,27H,3-4,15-16H2,1-2H3,(H,33,36)(H,34,35). The van der Waals surface area contributed by atoms with Gasteiger partial charge in [0.25, 0.3) is 5.91 Å². The Hall–Kier alpha value is -3.83. The molecular weight excluding hydrogens is 486 g/mol. The van der Waals surface area contributed by atoms with Crippen molar-refractivity contribution >= 4 is 34.2 Å². The first-order valence-electron chi connectivity index (χ1n) is 12.4. The van der Waals surface area contributed by atoms with Crippen molar-refractivity contribution < 1.29 is 19.4 Å². The number of hydrogen-bond acceptors (Lipinski definition) is 3. The van der Waals surface area contributed by atoms with Crippen LogP contribution in [0.5, 0.6) is 5.75 Å². The van der Waals surface area contributed by atoms with Crippen LogP contribution in [0.1, 0.15) is 53.6 Å². The molecule has 4 aromatic rings. The Bertz CT molecular complexity index is 1410. The van der Waals surface area contributed by atoms with Crippen molar-refractivity contribution in [2.24, 2.45) is 0 Å². The van der Waals surface area contributed by atoms with E-state index in [4.69, 9.17) is 21.4 Å². The number of rotatable bonds is 10. The van der Waals surface area contributed by atoms with Crippen molar-refractivity contribution in [3.8, 4) is 16.9 Å². The Morgan fingerprint density at radius 2 is 1.62 bits per heavy atom. The molecule has 1 amide bonds. The fourth-order valence-corrected chi connectivity index (χ4v) is 4.79. The largest absolute Gasteiger partial charge is 0.496 e. The molecule has 0 radical (unpaired) electrons. The van der Waals surface area contributed by atoms with Crippen LogP contribution in [-0.2, 0) is 4.79 Å². The minimum absolute atomic E-state index is 0.0987. The third-order valence-electron chi connectivity index (χ3n) is 6.52. The predicted octanol–water partition coefficient (Wildman–Crippen LogP) is 7.31. The number of carbonyl (C=O) groups is 2. The van der Waals surface area contributed by atoms with E-state index in [9.17, 15) is 9.59 Å². The minimum Gasteiger partial charge on any atom is -0.496 e. The molecule has 5 nitrogen and oxygen atoms in total. The van der Waals surface area contributed by atoms with E-state index in [1.54, 1.807) is 19.2 Å². The van der Waals surface area contributed by atoms with E-state index in [-0.39, 0.29) is 24.8 Å². The molecule has 0 aliphatic carbocycles.